The van der Waals surface area contributed by atoms with Gasteiger partial charge >= 0.3 is 0 Å². The van der Waals surface area contributed by atoms with Crippen molar-refractivity contribution in [3.8, 4) is 0 Å². The lowest BCUT2D eigenvalue weighted by Gasteiger charge is -1.99. The second-order valence-electron chi connectivity index (χ2n) is 4.04. The van der Waals surface area contributed by atoms with E-state index < -0.39 is 0 Å². The third kappa shape index (κ3) is 4.71. The van der Waals surface area contributed by atoms with Crippen molar-refractivity contribution in [3.63, 3.8) is 0 Å². The molecule has 0 amide bonds. The van der Waals surface area contributed by atoms with Gasteiger partial charge in [-0.15, -0.1) is 0 Å². The number of furan rings is 2. The average molecular weight is 288 g/mol. The molecule has 0 aromatic carbocycles. The highest BCUT2D eigenvalue weighted by Crippen LogP contribution is 2.13. The fraction of sp³-hybridized carbons (Fsp3) is 0.286. The summed E-state index contributed by atoms with van der Waals surface area (Å²) in [5.74, 6) is 2.40. The van der Waals surface area contributed by atoms with Gasteiger partial charge in [0.2, 0.25) is 12.2 Å². The number of hydrogen-bond acceptors (Lipinski definition) is 7. The lowest BCUT2D eigenvalue weighted by Crippen LogP contribution is -1.91. The Bertz CT molecular complexity index is 617. The third-order valence-electron chi connectivity index (χ3n) is 2.52. The molecule has 0 radical (unpaired) electrons. The number of isocyanates is 2. The van der Waals surface area contributed by atoms with Gasteiger partial charge in [-0.1, -0.05) is 0 Å². The zero-order valence-electron chi connectivity index (χ0n) is 11.1. The van der Waals surface area contributed by atoms with E-state index in [1.807, 2.05) is 0 Å². The van der Waals surface area contributed by atoms with E-state index >= 15 is 0 Å². The molecule has 2 aromatic rings. The molecule has 21 heavy (non-hydrogen) atoms. The first-order valence-corrected chi connectivity index (χ1v) is 6.12. The van der Waals surface area contributed by atoms with Crippen molar-refractivity contribution in [3.05, 3.63) is 47.3 Å². The maximum Gasteiger partial charge on any atom is 0.235 e. The van der Waals surface area contributed by atoms with Crippen LogP contribution in [-0.2, 0) is 40.6 Å². The molecule has 2 aromatic heterocycles. The van der Waals surface area contributed by atoms with Gasteiger partial charge in [-0.3, -0.25) is 0 Å². The molecule has 7 heteroatoms. The summed E-state index contributed by atoms with van der Waals surface area (Å²) in [5, 5.41) is 0. The van der Waals surface area contributed by atoms with Gasteiger partial charge in [0.15, 0.2) is 0 Å². The van der Waals surface area contributed by atoms with Crippen molar-refractivity contribution in [2.24, 2.45) is 9.98 Å². The largest absolute Gasteiger partial charge is 0.462 e. The van der Waals surface area contributed by atoms with Gasteiger partial charge in [-0.05, 0) is 24.3 Å². The van der Waals surface area contributed by atoms with Crippen molar-refractivity contribution < 1.29 is 23.2 Å². The van der Waals surface area contributed by atoms with Crippen molar-refractivity contribution >= 4 is 12.2 Å². The molecule has 2 heterocycles. The molecule has 0 aliphatic carbocycles. The topological polar surface area (TPSA) is 94.4 Å². The highest BCUT2D eigenvalue weighted by Gasteiger charge is 2.04. The molecule has 0 atom stereocenters. The number of hydrogen-bond donors (Lipinski definition) is 0. The summed E-state index contributed by atoms with van der Waals surface area (Å²) in [6.45, 7) is 0.880. The summed E-state index contributed by atoms with van der Waals surface area (Å²) < 4.78 is 16.2. The summed E-state index contributed by atoms with van der Waals surface area (Å²) in [5.41, 5.74) is 0. The quantitative estimate of drug-likeness (QED) is 0.548. The van der Waals surface area contributed by atoms with Crippen LogP contribution >= 0.6 is 0 Å². The first-order valence-electron chi connectivity index (χ1n) is 6.12. The first-order chi connectivity index (χ1) is 10.3. The number of nitrogens with zero attached hydrogens (tertiary/aromatic N) is 2. The summed E-state index contributed by atoms with van der Waals surface area (Å²) in [6.07, 6.45) is 2.89. The van der Waals surface area contributed by atoms with E-state index in [0.29, 0.717) is 23.0 Å². The Labute approximate surface area is 119 Å². The molecule has 0 saturated heterocycles. The molecule has 0 aliphatic heterocycles. The molecule has 2 rings (SSSR count). The molecule has 7 nitrogen and oxygen atoms in total. The molecule has 0 unspecified atom stereocenters. The van der Waals surface area contributed by atoms with Crippen LogP contribution in [0.3, 0.4) is 0 Å². The van der Waals surface area contributed by atoms with E-state index in [4.69, 9.17) is 13.6 Å². The predicted octanol–water partition coefficient (Wildman–Crippen LogP) is 2.26. The lowest BCUT2D eigenvalue weighted by molar-refractivity contribution is 0.0789. The lowest BCUT2D eigenvalue weighted by atomic mass is 10.4. The van der Waals surface area contributed by atoms with Crippen LogP contribution < -0.4 is 0 Å². The standard InChI is InChI=1S/C14H12N2O5/c17-9-15-5-11-1-3-13(20-11)7-19-8-14-4-2-12(21-14)6-16-10-18/h1-4H,5-8H2. The predicted molar refractivity (Wildman–Crippen MR) is 69.6 cm³/mol. The Kier molecular flexibility index (Phi) is 5.43. The third-order valence-corrected chi connectivity index (χ3v) is 2.52. The second-order valence-corrected chi connectivity index (χ2v) is 4.04. The molecule has 0 N–H and O–H groups in total. The minimum atomic E-state index is 0.169. The number of aliphatic imine (C=N–C) groups is 2. The zero-order chi connectivity index (χ0) is 14.9. The van der Waals surface area contributed by atoms with E-state index in [1.54, 1.807) is 24.3 Å². The fourth-order valence-corrected chi connectivity index (χ4v) is 1.64. The smallest absolute Gasteiger partial charge is 0.235 e. The van der Waals surface area contributed by atoms with E-state index in [1.165, 1.54) is 12.2 Å². The van der Waals surface area contributed by atoms with E-state index in [0.717, 1.165) is 0 Å². The Morgan fingerprint density at radius 1 is 0.810 bits per heavy atom. The maximum absolute atomic E-state index is 9.99. The highest BCUT2D eigenvalue weighted by molar-refractivity contribution is 5.33. The molecule has 0 spiro atoms. The van der Waals surface area contributed by atoms with Gasteiger partial charge in [-0.2, -0.15) is 9.98 Å². The van der Waals surface area contributed by atoms with Crippen LogP contribution in [0.4, 0.5) is 0 Å². The van der Waals surface area contributed by atoms with Gasteiger partial charge in [0.25, 0.3) is 0 Å². The molecular formula is C14H12N2O5. The van der Waals surface area contributed by atoms with Crippen LogP contribution in [-0.4, -0.2) is 12.2 Å². The van der Waals surface area contributed by atoms with Gasteiger partial charge < -0.3 is 13.6 Å². The molecule has 108 valence electrons. The summed E-state index contributed by atoms with van der Waals surface area (Å²) in [7, 11) is 0. The minimum absolute atomic E-state index is 0.169. The minimum Gasteiger partial charge on any atom is -0.462 e. The van der Waals surface area contributed by atoms with Crippen LogP contribution in [0.15, 0.2) is 43.1 Å². The Balaban J connectivity index is 1.78. The van der Waals surface area contributed by atoms with Gasteiger partial charge in [0.1, 0.15) is 49.3 Å². The van der Waals surface area contributed by atoms with Crippen molar-refractivity contribution in [2.45, 2.75) is 26.3 Å². The number of carbonyl (C=O) groups excluding carboxylic acids is 2. The van der Waals surface area contributed by atoms with E-state index in [9.17, 15) is 9.59 Å². The fourth-order valence-electron chi connectivity index (χ4n) is 1.64. The highest BCUT2D eigenvalue weighted by atomic mass is 16.5. The summed E-state index contributed by atoms with van der Waals surface area (Å²) in [4.78, 5) is 26.8. The van der Waals surface area contributed by atoms with Crippen LogP contribution in [0.5, 0.6) is 0 Å². The molecule has 0 bridgehead atoms. The molecule has 0 saturated carbocycles. The van der Waals surface area contributed by atoms with Crippen LogP contribution in [0.25, 0.3) is 0 Å². The SMILES string of the molecule is O=C=NCc1ccc(COCc2ccc(CN=C=O)o2)o1. The number of rotatable bonds is 8. The Morgan fingerprint density at radius 3 is 1.67 bits per heavy atom. The van der Waals surface area contributed by atoms with Crippen LogP contribution in [0, 0.1) is 0 Å². The maximum atomic E-state index is 9.99. The normalized spacial score (nSPS) is 9.90. The van der Waals surface area contributed by atoms with Gasteiger partial charge in [0.05, 0.1) is 0 Å². The van der Waals surface area contributed by atoms with Crippen molar-refractivity contribution in [1.82, 2.24) is 0 Å². The van der Waals surface area contributed by atoms with E-state index in [-0.39, 0.29) is 26.3 Å². The molecule has 0 fully saturated rings. The van der Waals surface area contributed by atoms with Crippen LogP contribution in [0.2, 0.25) is 0 Å². The molecular weight excluding hydrogens is 276 g/mol. The number of ether oxygens (including phenoxy) is 1. The zero-order valence-corrected chi connectivity index (χ0v) is 11.1. The van der Waals surface area contributed by atoms with Crippen molar-refractivity contribution in [1.29, 1.82) is 0 Å². The first kappa shape index (κ1) is 14.7. The summed E-state index contributed by atoms with van der Waals surface area (Å²) >= 11 is 0. The molecule has 0 aliphatic rings. The van der Waals surface area contributed by atoms with Gasteiger partial charge in [0, 0.05) is 0 Å². The Hall–Kier alpha value is -2.72. The summed E-state index contributed by atoms with van der Waals surface area (Å²) in [6, 6.07) is 6.95. The van der Waals surface area contributed by atoms with Crippen LogP contribution in [0.1, 0.15) is 23.0 Å². The Morgan fingerprint density at radius 2 is 1.24 bits per heavy atom. The van der Waals surface area contributed by atoms with Crippen molar-refractivity contribution in [2.75, 3.05) is 0 Å². The average Bonchev–Trinajstić information content (AvgIpc) is 3.12. The monoisotopic (exact) mass is 288 g/mol. The van der Waals surface area contributed by atoms with Gasteiger partial charge in [-0.25, -0.2) is 9.59 Å². The second kappa shape index (κ2) is 7.77. The van der Waals surface area contributed by atoms with E-state index in [2.05, 4.69) is 9.98 Å².